The van der Waals surface area contributed by atoms with Crippen molar-refractivity contribution in [2.24, 2.45) is 46.8 Å². The molecular weight excluding hydrogens is 979 g/mol. The van der Waals surface area contributed by atoms with E-state index in [2.05, 4.69) is 0 Å². The van der Waals surface area contributed by atoms with Crippen molar-refractivity contribution < 1.29 is 77.2 Å². The number of aliphatic hydroxyl groups is 3. The lowest BCUT2D eigenvalue weighted by Crippen LogP contribution is -2.61. The molecule has 76 heavy (non-hydrogen) atoms. The molecule has 5 rings (SSSR count). The molecule has 3 N–H and O–H groups in total. The van der Waals surface area contributed by atoms with Crippen molar-refractivity contribution in [1.29, 1.82) is 0 Å². The number of carbonyl (C=O) groups is 6. The number of cyclic esters (lactones) is 1. The van der Waals surface area contributed by atoms with Crippen LogP contribution in [-0.2, 0) is 61.9 Å². The molecule has 2 bridgehead atoms. The summed E-state index contributed by atoms with van der Waals surface area (Å²) in [5.74, 6) is -11.0. The molecule has 1 saturated carbocycles. The van der Waals surface area contributed by atoms with Crippen molar-refractivity contribution in [2.45, 2.75) is 201 Å². The van der Waals surface area contributed by atoms with Crippen molar-refractivity contribution in [3.63, 3.8) is 0 Å². The Morgan fingerprint density at radius 3 is 2.21 bits per heavy atom. The molecule has 428 valence electrons. The Balaban J connectivity index is 1.43. The van der Waals surface area contributed by atoms with Crippen LogP contribution in [0.25, 0.3) is 0 Å². The highest BCUT2D eigenvalue weighted by atomic mass is 16.7. The number of fused-ring (bicyclic) bond motifs is 3. The molecule has 0 aromatic carbocycles. The van der Waals surface area contributed by atoms with Gasteiger partial charge in [-0.25, -0.2) is 4.79 Å². The molecule has 15 atom stereocenters. The van der Waals surface area contributed by atoms with Crippen LogP contribution >= 0.6 is 0 Å². The minimum atomic E-state index is -2.46. The number of methoxy groups -OCH3 is 2. The zero-order valence-electron chi connectivity index (χ0n) is 47.5. The number of nitrogens with zero attached hydrogens (tertiary/aromatic N) is 1. The Kier molecular flexibility index (Phi) is 23.0. The average Bonchev–Trinajstić information content (AvgIpc) is 3.39. The largest absolute Gasteiger partial charge is 0.460 e. The molecule has 0 aromatic rings. The predicted molar refractivity (Wildman–Crippen MR) is 283 cm³/mol. The molecule has 17 heteroatoms. The second-order valence-corrected chi connectivity index (χ2v) is 23.6. The molecule has 4 heterocycles. The monoisotopic (exact) mass is 1070 g/mol. The zero-order valence-corrected chi connectivity index (χ0v) is 47.5. The molecule has 0 spiro atoms. The maximum absolute atomic E-state index is 14.6. The summed E-state index contributed by atoms with van der Waals surface area (Å²) in [7, 11) is 3.13. The van der Waals surface area contributed by atoms with Crippen LogP contribution < -0.4 is 0 Å². The predicted octanol–water partition coefficient (Wildman–Crippen LogP) is 7.11. The third kappa shape index (κ3) is 16.1. The zero-order chi connectivity index (χ0) is 56.3. The second-order valence-electron chi connectivity index (χ2n) is 23.6. The standard InChI is InChI=1S/C59H91NO16/c1-35-18-14-13-15-19-36(2)48(70-11)30-43-23-21-41(7)59(69,76-43)53(65)54(66)60-25-17-16-20-45(60)55(67)74-49(31-46(62)37(3)27-40(6)52(64)44(32-61)51(63)39(5)26-35)38(4)28-42-22-24-47(50(29-42)71-12)75-56(68)58(10)33-72-57(8,9)73-34-58/h13-15,18-19,27,35,37-39,41-45,47-50,52,61,64,69H,16-17,20-26,28-34H2,1-12H3. The number of ketones is 3. The van der Waals surface area contributed by atoms with Crippen LogP contribution in [0.1, 0.15) is 146 Å². The molecule has 3 saturated heterocycles. The Hall–Kier alpha value is -3.94. The number of allylic oxidation sites excluding steroid dienone is 6. The number of ether oxygens (including phenoxy) is 7. The molecule has 1 amide bonds. The molecule has 17 nitrogen and oxygen atoms in total. The van der Waals surface area contributed by atoms with Gasteiger partial charge in [-0.15, -0.1) is 0 Å². The first-order chi connectivity index (χ1) is 35.8. The van der Waals surface area contributed by atoms with Crippen LogP contribution in [0.2, 0.25) is 0 Å². The SMILES string of the molecule is COC1CC2CCC(C)C(O)(O2)C(=O)C(=O)N2CCCCC2C(=O)OC(C(C)CC2CCC(OC(=O)C3(C)COC(C)(C)OC3)C(OC)C2)CC(=O)C(C)C=C(C)C(O)C(CO)C(=O)C(C)CC(C)C=CC=CC=C1C. The van der Waals surface area contributed by atoms with E-state index in [0.29, 0.717) is 69.8 Å². The van der Waals surface area contributed by atoms with Gasteiger partial charge in [0.2, 0.25) is 5.79 Å². The van der Waals surface area contributed by atoms with E-state index in [0.717, 1.165) is 5.57 Å². The number of amides is 1. The third-order valence-corrected chi connectivity index (χ3v) is 16.8. The third-order valence-electron chi connectivity index (χ3n) is 16.8. The first-order valence-electron chi connectivity index (χ1n) is 27.8. The van der Waals surface area contributed by atoms with Crippen molar-refractivity contribution in [1.82, 2.24) is 4.90 Å². The van der Waals surface area contributed by atoms with Gasteiger partial charge in [-0.3, -0.25) is 24.0 Å². The first-order valence-corrected chi connectivity index (χ1v) is 27.8. The Labute approximate surface area is 451 Å². The van der Waals surface area contributed by atoms with E-state index in [1.165, 1.54) is 4.90 Å². The number of aliphatic hydroxyl groups excluding tert-OH is 2. The van der Waals surface area contributed by atoms with Gasteiger partial charge in [0.1, 0.15) is 35.2 Å². The highest BCUT2D eigenvalue weighted by Crippen LogP contribution is 2.39. The Morgan fingerprint density at radius 2 is 1.55 bits per heavy atom. The second kappa shape index (κ2) is 27.8. The lowest BCUT2D eigenvalue weighted by molar-refractivity contribution is -0.283. The van der Waals surface area contributed by atoms with Gasteiger partial charge in [-0.2, -0.15) is 0 Å². The van der Waals surface area contributed by atoms with Gasteiger partial charge in [0.05, 0.1) is 50.2 Å². The lowest BCUT2D eigenvalue weighted by atomic mass is 9.78. The molecular formula is C59H91NO16. The number of carbonyl (C=O) groups excluding carboxylic acids is 6. The minimum absolute atomic E-state index is 0.00323. The topological polar surface area (TPSA) is 231 Å². The molecule has 4 fully saturated rings. The number of Topliss-reactive ketones (excluding diaryl/α,β-unsaturated/α-hetero) is 3. The van der Waals surface area contributed by atoms with Crippen LogP contribution in [0.4, 0.5) is 0 Å². The van der Waals surface area contributed by atoms with Gasteiger partial charge in [0, 0.05) is 51.4 Å². The normalized spacial score (nSPS) is 36.6. The molecule has 0 aromatic heterocycles. The van der Waals surface area contributed by atoms with Crippen LogP contribution in [0.5, 0.6) is 0 Å². The maximum atomic E-state index is 14.6. The number of hydrogen-bond donors (Lipinski definition) is 3. The molecule has 4 aliphatic heterocycles. The summed E-state index contributed by atoms with van der Waals surface area (Å²) >= 11 is 0. The van der Waals surface area contributed by atoms with Crippen molar-refractivity contribution >= 4 is 35.2 Å². The fourth-order valence-corrected chi connectivity index (χ4v) is 11.5. The smallest absolute Gasteiger partial charge is 0.329 e. The van der Waals surface area contributed by atoms with Gasteiger partial charge < -0.3 is 53.4 Å². The van der Waals surface area contributed by atoms with Crippen molar-refractivity contribution in [3.05, 3.63) is 47.6 Å². The first kappa shape index (κ1) is 62.9. The summed E-state index contributed by atoms with van der Waals surface area (Å²) in [6.07, 6.45) is 11.4. The van der Waals surface area contributed by atoms with E-state index in [-0.39, 0.29) is 56.0 Å². The number of piperidine rings is 1. The molecule has 15 unspecified atom stereocenters. The molecule has 1 aliphatic carbocycles. The van der Waals surface area contributed by atoms with E-state index in [1.54, 1.807) is 68.8 Å². The fourth-order valence-electron chi connectivity index (χ4n) is 11.5. The van der Waals surface area contributed by atoms with Gasteiger partial charge >= 0.3 is 11.9 Å². The Bertz CT molecular complexity index is 2140. The van der Waals surface area contributed by atoms with E-state index in [9.17, 15) is 44.1 Å². The average molecular weight is 1070 g/mol. The van der Waals surface area contributed by atoms with Gasteiger partial charge in [-0.1, -0.05) is 71.1 Å². The summed E-state index contributed by atoms with van der Waals surface area (Å²) < 4.78 is 42.0. The number of rotatable bonds is 8. The van der Waals surface area contributed by atoms with E-state index >= 15 is 0 Å². The fraction of sp³-hybridized carbons (Fsp3) is 0.763. The van der Waals surface area contributed by atoms with Gasteiger partial charge in [-0.05, 0) is 128 Å². The molecule has 0 radical (unpaired) electrons. The van der Waals surface area contributed by atoms with Crippen LogP contribution in [0.3, 0.4) is 0 Å². The minimum Gasteiger partial charge on any atom is -0.460 e. The summed E-state index contributed by atoms with van der Waals surface area (Å²) in [5, 5.41) is 34.0. The highest BCUT2D eigenvalue weighted by Gasteiger charge is 2.53. The van der Waals surface area contributed by atoms with E-state index in [4.69, 9.17) is 33.2 Å². The quantitative estimate of drug-likeness (QED) is 0.125. The lowest BCUT2D eigenvalue weighted by Gasteiger charge is -2.43. The number of hydrogen-bond acceptors (Lipinski definition) is 16. The van der Waals surface area contributed by atoms with Crippen molar-refractivity contribution in [2.75, 3.05) is 40.6 Å². The maximum Gasteiger partial charge on any atom is 0.329 e. The van der Waals surface area contributed by atoms with Crippen LogP contribution in [0, 0.1) is 46.8 Å². The van der Waals surface area contributed by atoms with Crippen LogP contribution in [-0.4, -0.2) is 150 Å². The highest BCUT2D eigenvalue weighted by molar-refractivity contribution is 6.39. The molecule has 5 aliphatic rings. The van der Waals surface area contributed by atoms with E-state index < -0.39 is 119 Å². The van der Waals surface area contributed by atoms with Gasteiger partial charge in [0.15, 0.2) is 5.79 Å². The summed E-state index contributed by atoms with van der Waals surface area (Å²) in [5.41, 5.74) is 0.194. The van der Waals surface area contributed by atoms with Crippen molar-refractivity contribution in [3.8, 4) is 0 Å². The Morgan fingerprint density at radius 1 is 0.855 bits per heavy atom. The number of esters is 2. The summed E-state index contributed by atoms with van der Waals surface area (Å²) in [4.78, 5) is 86.2. The van der Waals surface area contributed by atoms with Crippen LogP contribution in [0.15, 0.2) is 47.6 Å². The summed E-state index contributed by atoms with van der Waals surface area (Å²) in [6.45, 7) is 17.6. The van der Waals surface area contributed by atoms with E-state index in [1.807, 2.05) is 51.2 Å². The van der Waals surface area contributed by atoms with Gasteiger partial charge in [0.25, 0.3) is 11.7 Å². The summed E-state index contributed by atoms with van der Waals surface area (Å²) in [6, 6.07) is -1.19.